The highest BCUT2D eigenvalue weighted by Crippen LogP contribution is 2.68. The maximum atomic E-state index is 12.3. The first-order chi connectivity index (χ1) is 17.2. The highest BCUT2D eigenvalue weighted by Gasteiger charge is 2.66. The Labute approximate surface area is 224 Å². The molecule has 0 aliphatic heterocycles. The molecule has 5 heteroatoms. The van der Waals surface area contributed by atoms with Crippen molar-refractivity contribution >= 4 is 11.9 Å². The van der Waals surface area contributed by atoms with E-state index >= 15 is 0 Å². The van der Waals surface area contributed by atoms with E-state index in [0.717, 1.165) is 32.1 Å². The van der Waals surface area contributed by atoms with Crippen LogP contribution in [0.3, 0.4) is 0 Å². The zero-order chi connectivity index (χ0) is 27.3. The SMILES string of the molecule is CC(=O)O[C@@H]1CC[C@@]2(C)[C@@H]3CC[C@]4(C)[C@H](CC[C@@H]4[C@H](C)/C=C/[C@H](C)C(C)C)C3=C[C@@H](OC(C)=O)[C@@]2(O)C1. The third-order valence-electron chi connectivity index (χ3n) is 11.3. The minimum absolute atomic E-state index is 0.203. The average Bonchev–Trinajstić information content (AvgIpc) is 3.15. The number of esters is 2. The van der Waals surface area contributed by atoms with Crippen molar-refractivity contribution < 1.29 is 24.2 Å². The molecule has 37 heavy (non-hydrogen) atoms. The fourth-order valence-corrected chi connectivity index (χ4v) is 8.76. The molecular weight excluding hydrogens is 464 g/mol. The van der Waals surface area contributed by atoms with Gasteiger partial charge in [-0.1, -0.05) is 59.3 Å². The van der Waals surface area contributed by atoms with Crippen molar-refractivity contribution in [3.8, 4) is 0 Å². The monoisotopic (exact) mass is 514 g/mol. The third kappa shape index (κ3) is 4.83. The van der Waals surface area contributed by atoms with E-state index in [-0.39, 0.29) is 29.4 Å². The Morgan fingerprint density at radius 3 is 2.24 bits per heavy atom. The van der Waals surface area contributed by atoms with Gasteiger partial charge >= 0.3 is 11.9 Å². The van der Waals surface area contributed by atoms with Gasteiger partial charge in [0.2, 0.25) is 0 Å². The number of ether oxygens (including phenoxy) is 2. The van der Waals surface area contributed by atoms with Gasteiger partial charge in [-0.25, -0.2) is 0 Å². The molecule has 4 aliphatic carbocycles. The van der Waals surface area contributed by atoms with Gasteiger partial charge in [-0.15, -0.1) is 0 Å². The molecule has 0 heterocycles. The predicted molar refractivity (Wildman–Crippen MR) is 145 cm³/mol. The summed E-state index contributed by atoms with van der Waals surface area (Å²) in [7, 11) is 0. The summed E-state index contributed by atoms with van der Waals surface area (Å²) < 4.78 is 11.4. The van der Waals surface area contributed by atoms with Gasteiger partial charge in [-0.05, 0) is 85.5 Å². The van der Waals surface area contributed by atoms with Crippen LogP contribution in [0.5, 0.6) is 0 Å². The quantitative estimate of drug-likeness (QED) is 0.318. The Morgan fingerprint density at radius 2 is 1.62 bits per heavy atom. The van der Waals surface area contributed by atoms with Gasteiger partial charge in [0.05, 0.1) is 0 Å². The van der Waals surface area contributed by atoms with E-state index in [0.29, 0.717) is 36.0 Å². The number of carbonyl (C=O) groups excluding carboxylic acids is 2. The van der Waals surface area contributed by atoms with E-state index in [1.165, 1.54) is 25.8 Å². The highest BCUT2D eigenvalue weighted by molar-refractivity contribution is 5.67. The molecule has 10 atom stereocenters. The normalized spacial score (nSPS) is 42.9. The second-order valence-electron chi connectivity index (χ2n) is 13.7. The summed E-state index contributed by atoms with van der Waals surface area (Å²) in [6.45, 7) is 16.8. The molecule has 0 spiro atoms. The fourth-order valence-electron chi connectivity index (χ4n) is 8.76. The Kier molecular flexibility index (Phi) is 7.80. The molecular formula is C32H50O5. The van der Waals surface area contributed by atoms with Gasteiger partial charge < -0.3 is 14.6 Å². The van der Waals surface area contributed by atoms with Gasteiger partial charge in [-0.3, -0.25) is 9.59 Å². The Morgan fingerprint density at radius 1 is 0.946 bits per heavy atom. The van der Waals surface area contributed by atoms with Gasteiger partial charge in [-0.2, -0.15) is 0 Å². The smallest absolute Gasteiger partial charge is 0.303 e. The van der Waals surface area contributed by atoms with Crippen molar-refractivity contribution in [1.82, 2.24) is 0 Å². The Hall–Kier alpha value is -1.62. The number of aliphatic hydroxyl groups is 1. The molecule has 0 amide bonds. The predicted octanol–water partition coefficient (Wildman–Crippen LogP) is 6.64. The van der Waals surface area contributed by atoms with Crippen molar-refractivity contribution in [1.29, 1.82) is 0 Å². The van der Waals surface area contributed by atoms with E-state index in [1.807, 2.05) is 0 Å². The first-order valence-corrected chi connectivity index (χ1v) is 14.7. The van der Waals surface area contributed by atoms with E-state index in [9.17, 15) is 14.7 Å². The summed E-state index contributed by atoms with van der Waals surface area (Å²) in [6, 6.07) is 0. The van der Waals surface area contributed by atoms with Crippen LogP contribution in [0.25, 0.3) is 0 Å². The summed E-state index contributed by atoms with van der Waals surface area (Å²) in [5.41, 5.74) is -0.0625. The van der Waals surface area contributed by atoms with E-state index < -0.39 is 17.1 Å². The maximum Gasteiger partial charge on any atom is 0.303 e. The van der Waals surface area contributed by atoms with Gasteiger partial charge in [0.25, 0.3) is 0 Å². The fraction of sp³-hybridized carbons (Fsp3) is 0.812. The topological polar surface area (TPSA) is 72.8 Å². The molecule has 3 fully saturated rings. The van der Waals surface area contributed by atoms with Crippen LogP contribution in [0.4, 0.5) is 0 Å². The van der Waals surface area contributed by atoms with Crippen molar-refractivity contribution in [2.24, 2.45) is 46.3 Å². The van der Waals surface area contributed by atoms with Gasteiger partial charge in [0, 0.05) is 25.7 Å². The standard InChI is InChI=1S/C32H50O5/c1-19(2)20(3)9-10-21(4)26-11-12-27-25-17-29(37-23(6)34)32(35)18-24(36-22(5)33)13-16-31(32,8)28(25)14-15-30(26,27)7/h9-10,17,19-21,24,26-29,35H,11-16,18H2,1-8H3/b10-9+/t20-,21+,24+,26+,27+,28+,29+,30-,31-,32-/m0/s1. The molecule has 0 aromatic rings. The van der Waals surface area contributed by atoms with Crippen LogP contribution < -0.4 is 0 Å². The molecule has 0 aromatic carbocycles. The number of allylic oxidation sites excluding steroid dienone is 3. The summed E-state index contributed by atoms with van der Waals surface area (Å²) in [4.78, 5) is 23.9. The van der Waals surface area contributed by atoms with Gasteiger partial charge in [0.1, 0.15) is 17.8 Å². The summed E-state index contributed by atoms with van der Waals surface area (Å²) in [6.07, 6.45) is 12.3. The van der Waals surface area contributed by atoms with Crippen LogP contribution in [-0.2, 0) is 19.1 Å². The number of fused-ring (bicyclic) bond motifs is 5. The Bertz CT molecular complexity index is 951. The number of rotatable bonds is 6. The zero-order valence-corrected chi connectivity index (χ0v) is 24.4. The number of hydrogen-bond acceptors (Lipinski definition) is 5. The van der Waals surface area contributed by atoms with Crippen molar-refractivity contribution in [2.75, 3.05) is 0 Å². The second-order valence-corrected chi connectivity index (χ2v) is 13.7. The summed E-state index contributed by atoms with van der Waals surface area (Å²) >= 11 is 0. The molecule has 5 nitrogen and oxygen atoms in total. The molecule has 1 N–H and O–H groups in total. The summed E-state index contributed by atoms with van der Waals surface area (Å²) in [5.74, 6) is 2.35. The van der Waals surface area contributed by atoms with Crippen molar-refractivity contribution in [2.45, 2.75) is 118 Å². The lowest BCUT2D eigenvalue weighted by molar-refractivity contribution is -0.225. The van der Waals surface area contributed by atoms with Crippen LogP contribution >= 0.6 is 0 Å². The first kappa shape index (κ1) is 28.4. The van der Waals surface area contributed by atoms with Crippen molar-refractivity contribution in [3.63, 3.8) is 0 Å². The molecule has 0 unspecified atom stereocenters. The molecule has 0 aromatic heterocycles. The van der Waals surface area contributed by atoms with Crippen LogP contribution in [0.1, 0.15) is 100 Å². The third-order valence-corrected chi connectivity index (χ3v) is 11.3. The Balaban J connectivity index is 1.67. The zero-order valence-electron chi connectivity index (χ0n) is 24.4. The first-order valence-electron chi connectivity index (χ1n) is 14.7. The second kappa shape index (κ2) is 10.2. The molecule has 0 radical (unpaired) electrons. The lowest BCUT2D eigenvalue weighted by Crippen LogP contribution is -2.66. The van der Waals surface area contributed by atoms with Crippen molar-refractivity contribution in [3.05, 3.63) is 23.8 Å². The largest absolute Gasteiger partial charge is 0.462 e. The summed E-state index contributed by atoms with van der Waals surface area (Å²) in [5, 5.41) is 12.3. The average molecular weight is 515 g/mol. The van der Waals surface area contributed by atoms with Crippen LogP contribution in [0, 0.1) is 46.3 Å². The molecule has 0 bridgehead atoms. The molecule has 4 rings (SSSR count). The van der Waals surface area contributed by atoms with Crippen LogP contribution in [0.15, 0.2) is 23.8 Å². The van der Waals surface area contributed by atoms with Crippen LogP contribution in [-0.4, -0.2) is 34.9 Å². The van der Waals surface area contributed by atoms with E-state index in [2.05, 4.69) is 59.8 Å². The molecule has 4 aliphatic rings. The molecule has 0 saturated heterocycles. The van der Waals surface area contributed by atoms with Crippen LogP contribution in [0.2, 0.25) is 0 Å². The van der Waals surface area contributed by atoms with Gasteiger partial charge in [0.15, 0.2) is 0 Å². The minimum Gasteiger partial charge on any atom is -0.462 e. The lowest BCUT2D eigenvalue weighted by atomic mass is 9.45. The highest BCUT2D eigenvalue weighted by atomic mass is 16.6. The molecule has 208 valence electrons. The minimum atomic E-state index is -1.25. The van der Waals surface area contributed by atoms with E-state index in [4.69, 9.17) is 9.47 Å². The number of carbonyl (C=O) groups is 2. The molecule has 3 saturated carbocycles. The lowest BCUT2D eigenvalue weighted by Gasteiger charge is -2.62. The maximum absolute atomic E-state index is 12.3. The van der Waals surface area contributed by atoms with E-state index in [1.54, 1.807) is 0 Å². The number of hydrogen-bond donors (Lipinski definition) is 1.